The van der Waals surface area contributed by atoms with Gasteiger partial charge in [-0.05, 0) is 83.5 Å². The van der Waals surface area contributed by atoms with Crippen LogP contribution in [0.15, 0.2) is 122 Å². The number of carbonyl (C=O) groups excluding carboxylic acids is 3. The highest BCUT2D eigenvalue weighted by molar-refractivity contribution is 5.71. The summed E-state index contributed by atoms with van der Waals surface area (Å²) in [5.74, 6) is -0.989. The second kappa shape index (κ2) is 52.4. The summed E-state index contributed by atoms with van der Waals surface area (Å²) >= 11 is 0. The van der Waals surface area contributed by atoms with Crippen LogP contribution in [0.3, 0.4) is 0 Å². The van der Waals surface area contributed by atoms with Gasteiger partial charge >= 0.3 is 17.9 Å². The molecule has 0 saturated carbocycles. The fraction of sp³-hybridized carbons (Fsp3) is 0.610. The molecule has 0 amide bonds. The number of esters is 3. The lowest BCUT2D eigenvalue weighted by atomic mass is 10.1. The molecule has 0 heterocycles. The Morgan fingerprint density at radius 2 is 0.631 bits per heavy atom. The molecule has 0 aromatic heterocycles. The molecule has 0 aromatic carbocycles. The van der Waals surface area contributed by atoms with E-state index in [2.05, 4.69) is 106 Å². The Labute approximate surface area is 399 Å². The second-order valence-electron chi connectivity index (χ2n) is 16.9. The van der Waals surface area contributed by atoms with Crippen molar-refractivity contribution < 1.29 is 28.6 Å². The monoisotopic (exact) mass is 899 g/mol. The maximum atomic E-state index is 12.8. The zero-order chi connectivity index (χ0) is 47.2. The van der Waals surface area contributed by atoms with E-state index in [1.165, 1.54) is 51.4 Å². The zero-order valence-electron chi connectivity index (χ0n) is 41.7. The molecule has 6 nitrogen and oxygen atoms in total. The number of ether oxygens (including phenoxy) is 3. The Hall–Kier alpha value is -4.19. The molecule has 0 aromatic rings. The third-order valence-electron chi connectivity index (χ3n) is 10.6. The minimum atomic E-state index is -0.815. The van der Waals surface area contributed by atoms with E-state index in [4.69, 9.17) is 14.2 Å². The minimum absolute atomic E-state index is 0.112. The van der Waals surface area contributed by atoms with Crippen molar-refractivity contribution in [3.8, 4) is 0 Å². The number of hydrogen-bond acceptors (Lipinski definition) is 6. The van der Waals surface area contributed by atoms with Crippen LogP contribution in [-0.4, -0.2) is 37.2 Å². The Kier molecular flexibility index (Phi) is 49.1. The van der Waals surface area contributed by atoms with Gasteiger partial charge in [0.2, 0.25) is 0 Å². The maximum Gasteiger partial charge on any atom is 0.306 e. The number of hydrogen-bond donors (Lipinski definition) is 0. The van der Waals surface area contributed by atoms with Crippen LogP contribution in [0, 0.1) is 0 Å². The molecule has 366 valence electrons. The van der Waals surface area contributed by atoms with Crippen LogP contribution in [0.5, 0.6) is 0 Å². The predicted molar refractivity (Wildman–Crippen MR) is 279 cm³/mol. The van der Waals surface area contributed by atoms with Gasteiger partial charge in [-0.1, -0.05) is 232 Å². The van der Waals surface area contributed by atoms with Crippen LogP contribution in [0.25, 0.3) is 0 Å². The molecule has 1 unspecified atom stereocenters. The van der Waals surface area contributed by atoms with E-state index >= 15 is 0 Å². The molecule has 1 atom stereocenters. The van der Waals surface area contributed by atoms with Crippen molar-refractivity contribution in [1.82, 2.24) is 0 Å². The number of rotatable bonds is 45. The summed E-state index contributed by atoms with van der Waals surface area (Å²) in [6, 6.07) is 0. The van der Waals surface area contributed by atoms with Crippen molar-refractivity contribution in [2.24, 2.45) is 0 Å². The average Bonchev–Trinajstić information content (AvgIpc) is 3.30. The summed E-state index contributed by atoms with van der Waals surface area (Å²) in [5, 5.41) is 0. The van der Waals surface area contributed by atoms with E-state index in [0.29, 0.717) is 12.8 Å². The molecule has 0 spiro atoms. The van der Waals surface area contributed by atoms with E-state index in [-0.39, 0.29) is 37.5 Å². The van der Waals surface area contributed by atoms with Crippen LogP contribution < -0.4 is 0 Å². The van der Waals surface area contributed by atoms with Gasteiger partial charge < -0.3 is 14.2 Å². The van der Waals surface area contributed by atoms with E-state index in [0.717, 1.165) is 122 Å². The standard InChI is InChI=1S/C59H94O6/c1-4-7-10-13-16-19-22-25-27-29-30-32-34-37-40-43-46-49-52-58(61)64-55-56(54-63-57(60)51-48-45-42-39-36-33-24-21-18-15-12-9-6-3)65-59(62)53-50-47-44-41-38-35-31-28-26-23-20-17-14-11-8-5-2/h9-10,12-13,15-16,18-19,21-22,24-25,27-32,35,38,56H,4-8,11,14,17,20,23,26,33-34,36-37,39-55H2,1-3H3/b12-9-,13-10-,18-15-,19-16-,24-21-,25-22-,29-27-,31-28-,32-30-,38-35-. The number of carbonyl (C=O) groups is 3. The van der Waals surface area contributed by atoms with Crippen molar-refractivity contribution in [2.45, 2.75) is 219 Å². The van der Waals surface area contributed by atoms with Gasteiger partial charge in [-0.25, -0.2) is 0 Å². The van der Waals surface area contributed by atoms with Crippen molar-refractivity contribution >= 4 is 17.9 Å². The first-order chi connectivity index (χ1) is 32.0. The van der Waals surface area contributed by atoms with E-state index in [1.54, 1.807) is 0 Å². The summed E-state index contributed by atoms with van der Waals surface area (Å²) in [5.41, 5.74) is 0. The lowest BCUT2D eigenvalue weighted by Gasteiger charge is -2.18. The lowest BCUT2D eigenvalue weighted by molar-refractivity contribution is -0.167. The SMILES string of the molecule is CC\C=C/C=C\C=C/CCCCCCCC(=O)OCC(COC(=O)CCCCCCC\C=C/C=C\C=C/C=C\C=C/CCC)OC(=O)CCCCC/C=C\C=C/CCCCCCCCC. The Bertz CT molecular complexity index is 1400. The highest BCUT2D eigenvalue weighted by Gasteiger charge is 2.19. The van der Waals surface area contributed by atoms with Crippen LogP contribution >= 0.6 is 0 Å². The van der Waals surface area contributed by atoms with Crippen molar-refractivity contribution in [3.63, 3.8) is 0 Å². The highest BCUT2D eigenvalue weighted by atomic mass is 16.6. The minimum Gasteiger partial charge on any atom is -0.462 e. The molecular weight excluding hydrogens is 805 g/mol. The molecule has 0 fully saturated rings. The van der Waals surface area contributed by atoms with Gasteiger partial charge in [0, 0.05) is 19.3 Å². The third kappa shape index (κ3) is 50.7. The van der Waals surface area contributed by atoms with Gasteiger partial charge in [0.05, 0.1) is 0 Å². The lowest BCUT2D eigenvalue weighted by Crippen LogP contribution is -2.30. The second-order valence-corrected chi connectivity index (χ2v) is 16.9. The Balaban J connectivity index is 4.53. The predicted octanol–water partition coefficient (Wildman–Crippen LogP) is 17.3. The van der Waals surface area contributed by atoms with E-state index in [1.807, 2.05) is 36.5 Å². The molecule has 0 saturated heterocycles. The van der Waals surface area contributed by atoms with Crippen molar-refractivity contribution in [1.29, 1.82) is 0 Å². The normalized spacial score (nSPS) is 13.1. The maximum absolute atomic E-state index is 12.8. The fourth-order valence-corrected chi connectivity index (χ4v) is 6.70. The van der Waals surface area contributed by atoms with Crippen LogP contribution in [0.2, 0.25) is 0 Å². The van der Waals surface area contributed by atoms with Gasteiger partial charge in [0.25, 0.3) is 0 Å². The van der Waals surface area contributed by atoms with Crippen molar-refractivity contribution in [3.05, 3.63) is 122 Å². The van der Waals surface area contributed by atoms with Gasteiger partial charge in [-0.2, -0.15) is 0 Å². The third-order valence-corrected chi connectivity index (χ3v) is 10.6. The molecule has 0 aliphatic heterocycles. The zero-order valence-corrected chi connectivity index (χ0v) is 41.7. The smallest absolute Gasteiger partial charge is 0.306 e. The molecule has 0 radical (unpaired) electrons. The van der Waals surface area contributed by atoms with E-state index < -0.39 is 6.10 Å². The first-order valence-electron chi connectivity index (χ1n) is 26.2. The molecule has 0 rings (SSSR count). The fourth-order valence-electron chi connectivity index (χ4n) is 6.70. The molecule has 0 bridgehead atoms. The van der Waals surface area contributed by atoms with Gasteiger partial charge in [-0.3, -0.25) is 14.4 Å². The Morgan fingerprint density at radius 3 is 1.03 bits per heavy atom. The van der Waals surface area contributed by atoms with E-state index in [9.17, 15) is 14.4 Å². The van der Waals surface area contributed by atoms with Crippen LogP contribution in [0.4, 0.5) is 0 Å². The van der Waals surface area contributed by atoms with Gasteiger partial charge in [0.1, 0.15) is 13.2 Å². The molecular formula is C59H94O6. The molecule has 6 heteroatoms. The quantitative estimate of drug-likeness (QED) is 0.0262. The number of allylic oxidation sites excluding steroid dienone is 20. The highest BCUT2D eigenvalue weighted by Crippen LogP contribution is 2.13. The summed E-state index contributed by atoms with van der Waals surface area (Å²) < 4.78 is 16.7. The van der Waals surface area contributed by atoms with Crippen LogP contribution in [0.1, 0.15) is 213 Å². The largest absolute Gasteiger partial charge is 0.462 e. The first kappa shape index (κ1) is 60.8. The first-order valence-corrected chi connectivity index (χ1v) is 26.2. The summed E-state index contributed by atoms with van der Waals surface area (Å²) in [7, 11) is 0. The molecule has 65 heavy (non-hydrogen) atoms. The summed E-state index contributed by atoms with van der Waals surface area (Å²) in [6.45, 7) is 6.33. The van der Waals surface area contributed by atoms with Gasteiger partial charge in [-0.15, -0.1) is 0 Å². The summed E-state index contributed by atoms with van der Waals surface area (Å²) in [4.78, 5) is 38.0. The molecule has 0 aliphatic rings. The van der Waals surface area contributed by atoms with Crippen molar-refractivity contribution in [2.75, 3.05) is 13.2 Å². The number of unbranched alkanes of at least 4 members (excludes halogenated alkanes) is 21. The summed E-state index contributed by atoms with van der Waals surface area (Å²) in [6.07, 6.45) is 71.7. The average molecular weight is 899 g/mol. The molecule has 0 aliphatic carbocycles. The topological polar surface area (TPSA) is 78.9 Å². The molecule has 0 N–H and O–H groups in total. The van der Waals surface area contributed by atoms with Gasteiger partial charge in [0.15, 0.2) is 6.10 Å². The van der Waals surface area contributed by atoms with Crippen LogP contribution in [-0.2, 0) is 28.6 Å². The Morgan fingerprint density at radius 1 is 0.323 bits per heavy atom.